The summed E-state index contributed by atoms with van der Waals surface area (Å²) in [5.41, 5.74) is 4.60. The summed E-state index contributed by atoms with van der Waals surface area (Å²) >= 11 is 0. The van der Waals surface area contributed by atoms with Gasteiger partial charge in [-0.1, -0.05) is 33.8 Å². The molecule has 142 valence electrons. The van der Waals surface area contributed by atoms with Gasteiger partial charge in [-0.05, 0) is 54.9 Å². The minimum atomic E-state index is 0.591. The Kier molecular flexibility index (Phi) is 7.77. The Bertz CT molecular complexity index is 525. The van der Waals surface area contributed by atoms with Crippen LogP contribution in [0.1, 0.15) is 70.4 Å². The first-order valence-electron chi connectivity index (χ1n) is 10.2. The zero-order valence-electron chi connectivity index (χ0n) is 17.2. The Balaban J connectivity index is 0.00000109. The van der Waals surface area contributed by atoms with Crippen LogP contribution in [0.25, 0.3) is 0 Å². The third kappa shape index (κ3) is 5.21. The van der Waals surface area contributed by atoms with Crippen LogP contribution in [0.15, 0.2) is 18.2 Å². The van der Waals surface area contributed by atoms with Gasteiger partial charge in [-0.15, -0.1) is 0 Å². The summed E-state index contributed by atoms with van der Waals surface area (Å²) in [6, 6.07) is 7.81. The number of ether oxygens (including phenoxy) is 1. The standard InChI is InChI=1S/C20H32N2O.C2H6/c1-15(2)19-8-7-18(13-20(19)17-5-6-17)22-10-9-21(11-12-23-4)16(3)14-22;1-2/h7-8,13,15-17H,5-6,9-12,14H2,1-4H3;1-2H3. The first-order valence-corrected chi connectivity index (χ1v) is 10.2. The Morgan fingerprint density at radius 3 is 2.44 bits per heavy atom. The molecule has 0 amide bonds. The average Bonchev–Trinajstić information content (AvgIpc) is 3.47. The molecule has 1 saturated heterocycles. The van der Waals surface area contributed by atoms with Crippen LogP contribution in [0.5, 0.6) is 0 Å². The molecule has 0 spiro atoms. The molecule has 1 aliphatic heterocycles. The van der Waals surface area contributed by atoms with Crippen molar-refractivity contribution in [1.82, 2.24) is 4.90 Å². The number of methoxy groups -OCH3 is 1. The van der Waals surface area contributed by atoms with Crippen LogP contribution >= 0.6 is 0 Å². The fourth-order valence-electron chi connectivity index (χ4n) is 3.80. The van der Waals surface area contributed by atoms with E-state index in [4.69, 9.17) is 4.74 Å². The van der Waals surface area contributed by atoms with E-state index in [9.17, 15) is 0 Å². The second kappa shape index (κ2) is 9.59. The summed E-state index contributed by atoms with van der Waals surface area (Å²) in [5, 5.41) is 0. The smallest absolute Gasteiger partial charge is 0.0589 e. The zero-order valence-corrected chi connectivity index (χ0v) is 17.2. The van der Waals surface area contributed by atoms with E-state index < -0.39 is 0 Å². The molecule has 1 unspecified atom stereocenters. The highest BCUT2D eigenvalue weighted by Crippen LogP contribution is 2.44. The number of piperazine rings is 1. The highest BCUT2D eigenvalue weighted by Gasteiger charge is 2.29. The molecule has 1 atom stereocenters. The summed E-state index contributed by atoms with van der Waals surface area (Å²) < 4.78 is 5.23. The van der Waals surface area contributed by atoms with E-state index in [1.807, 2.05) is 13.8 Å². The number of nitrogens with zero attached hydrogens (tertiary/aromatic N) is 2. The molecule has 2 aliphatic rings. The van der Waals surface area contributed by atoms with E-state index in [2.05, 4.69) is 48.8 Å². The van der Waals surface area contributed by atoms with Gasteiger partial charge in [0.1, 0.15) is 0 Å². The lowest BCUT2D eigenvalue weighted by Crippen LogP contribution is -2.52. The molecule has 25 heavy (non-hydrogen) atoms. The van der Waals surface area contributed by atoms with Crippen LogP contribution in [0.2, 0.25) is 0 Å². The SMILES string of the molecule is CC.COCCN1CCN(c2ccc(C(C)C)c(C3CC3)c2)CC1C. The summed E-state index contributed by atoms with van der Waals surface area (Å²) in [4.78, 5) is 5.12. The number of hydrogen-bond donors (Lipinski definition) is 0. The monoisotopic (exact) mass is 346 g/mol. The van der Waals surface area contributed by atoms with Crippen LogP contribution in [0, 0.1) is 0 Å². The molecule has 0 radical (unpaired) electrons. The van der Waals surface area contributed by atoms with Gasteiger partial charge >= 0.3 is 0 Å². The molecule has 1 aromatic rings. The normalized spacial score (nSPS) is 21.2. The third-order valence-electron chi connectivity index (χ3n) is 5.42. The molecular formula is C22H38N2O. The van der Waals surface area contributed by atoms with Crippen molar-refractivity contribution >= 4 is 5.69 Å². The van der Waals surface area contributed by atoms with Gasteiger partial charge in [-0.3, -0.25) is 4.90 Å². The molecule has 1 aliphatic carbocycles. The lowest BCUT2D eigenvalue weighted by molar-refractivity contribution is 0.117. The number of hydrogen-bond acceptors (Lipinski definition) is 3. The van der Waals surface area contributed by atoms with Crippen molar-refractivity contribution in [3.05, 3.63) is 29.3 Å². The molecular weight excluding hydrogens is 308 g/mol. The van der Waals surface area contributed by atoms with Crippen LogP contribution in [-0.4, -0.2) is 50.8 Å². The van der Waals surface area contributed by atoms with Crippen molar-refractivity contribution in [2.75, 3.05) is 44.8 Å². The molecule has 2 fully saturated rings. The molecule has 1 aromatic carbocycles. The van der Waals surface area contributed by atoms with Crippen molar-refractivity contribution in [1.29, 1.82) is 0 Å². The van der Waals surface area contributed by atoms with E-state index in [1.165, 1.54) is 18.5 Å². The van der Waals surface area contributed by atoms with Gasteiger partial charge in [-0.2, -0.15) is 0 Å². The molecule has 0 aromatic heterocycles. The fraction of sp³-hybridized carbons (Fsp3) is 0.727. The van der Waals surface area contributed by atoms with Gasteiger partial charge < -0.3 is 9.64 Å². The van der Waals surface area contributed by atoms with Crippen LogP contribution in [-0.2, 0) is 4.74 Å². The van der Waals surface area contributed by atoms with Crippen molar-refractivity contribution < 1.29 is 4.74 Å². The molecule has 3 heteroatoms. The largest absolute Gasteiger partial charge is 0.383 e. The van der Waals surface area contributed by atoms with Crippen molar-refractivity contribution in [2.24, 2.45) is 0 Å². The molecule has 0 bridgehead atoms. The lowest BCUT2D eigenvalue weighted by Gasteiger charge is -2.41. The van der Waals surface area contributed by atoms with Gasteiger partial charge in [-0.25, -0.2) is 0 Å². The predicted octanol–water partition coefficient (Wildman–Crippen LogP) is 4.87. The maximum Gasteiger partial charge on any atom is 0.0589 e. The molecule has 0 N–H and O–H groups in total. The molecule has 1 heterocycles. The maximum atomic E-state index is 5.23. The number of anilines is 1. The minimum Gasteiger partial charge on any atom is -0.383 e. The van der Waals surface area contributed by atoms with Gasteiger partial charge in [0.15, 0.2) is 0 Å². The molecule has 3 nitrogen and oxygen atoms in total. The maximum absolute atomic E-state index is 5.23. The average molecular weight is 347 g/mol. The van der Waals surface area contributed by atoms with Crippen molar-refractivity contribution in [2.45, 2.75) is 65.3 Å². The highest BCUT2D eigenvalue weighted by atomic mass is 16.5. The zero-order chi connectivity index (χ0) is 18.4. The number of rotatable bonds is 6. The van der Waals surface area contributed by atoms with E-state index >= 15 is 0 Å². The van der Waals surface area contributed by atoms with Crippen LogP contribution in [0.3, 0.4) is 0 Å². The number of benzene rings is 1. The first kappa shape index (κ1) is 20.3. The topological polar surface area (TPSA) is 15.7 Å². The third-order valence-corrected chi connectivity index (χ3v) is 5.42. The van der Waals surface area contributed by atoms with Crippen molar-refractivity contribution in [3.8, 4) is 0 Å². The second-order valence-corrected chi connectivity index (χ2v) is 7.57. The Morgan fingerprint density at radius 1 is 1.16 bits per heavy atom. The fourth-order valence-corrected chi connectivity index (χ4v) is 3.80. The first-order chi connectivity index (χ1) is 12.1. The van der Waals surface area contributed by atoms with E-state index in [-0.39, 0.29) is 0 Å². The van der Waals surface area contributed by atoms with Gasteiger partial charge in [0.05, 0.1) is 6.61 Å². The Labute approximate surface area is 155 Å². The minimum absolute atomic E-state index is 0.591. The lowest BCUT2D eigenvalue weighted by atomic mass is 9.93. The highest BCUT2D eigenvalue weighted by molar-refractivity contribution is 5.54. The quantitative estimate of drug-likeness (QED) is 0.731. The second-order valence-electron chi connectivity index (χ2n) is 7.57. The predicted molar refractivity (Wildman–Crippen MR) is 109 cm³/mol. The summed E-state index contributed by atoms with van der Waals surface area (Å²) in [5.74, 6) is 1.46. The van der Waals surface area contributed by atoms with Gasteiger partial charge in [0, 0.05) is 45.0 Å². The van der Waals surface area contributed by atoms with E-state index in [0.717, 1.165) is 38.7 Å². The van der Waals surface area contributed by atoms with E-state index in [0.29, 0.717) is 12.0 Å². The van der Waals surface area contributed by atoms with Gasteiger partial charge in [0.2, 0.25) is 0 Å². The Hall–Kier alpha value is -1.06. The summed E-state index contributed by atoms with van der Waals surface area (Å²) in [6.45, 7) is 16.2. The Morgan fingerprint density at radius 2 is 1.88 bits per heavy atom. The van der Waals surface area contributed by atoms with E-state index in [1.54, 1.807) is 18.2 Å². The van der Waals surface area contributed by atoms with Gasteiger partial charge in [0.25, 0.3) is 0 Å². The molecule has 3 rings (SSSR count). The van der Waals surface area contributed by atoms with Crippen molar-refractivity contribution in [3.63, 3.8) is 0 Å². The van der Waals surface area contributed by atoms with Crippen LogP contribution in [0.4, 0.5) is 5.69 Å². The summed E-state index contributed by atoms with van der Waals surface area (Å²) in [6.07, 6.45) is 2.76. The summed E-state index contributed by atoms with van der Waals surface area (Å²) in [7, 11) is 1.79. The molecule has 1 saturated carbocycles. The van der Waals surface area contributed by atoms with Crippen LogP contribution < -0.4 is 4.90 Å².